The summed E-state index contributed by atoms with van der Waals surface area (Å²) in [4.78, 5) is 11.6. The molecular weight excluding hydrogens is 264 g/mol. The van der Waals surface area contributed by atoms with Crippen molar-refractivity contribution in [3.05, 3.63) is 53.7 Å². The van der Waals surface area contributed by atoms with E-state index in [9.17, 15) is 13.6 Å². The van der Waals surface area contributed by atoms with Crippen molar-refractivity contribution in [2.24, 2.45) is 0 Å². The third kappa shape index (κ3) is 5.65. The molecule has 0 spiro atoms. The summed E-state index contributed by atoms with van der Waals surface area (Å²) in [5.41, 5.74) is -0.0841. The van der Waals surface area contributed by atoms with Crippen molar-refractivity contribution in [2.45, 2.75) is 26.4 Å². The topological polar surface area (TPSA) is 38.3 Å². The number of ether oxygens (including phenoxy) is 1. The Morgan fingerprint density at radius 3 is 2.25 bits per heavy atom. The second kappa shape index (κ2) is 6.32. The van der Waals surface area contributed by atoms with Crippen LogP contribution in [0.25, 0.3) is 6.08 Å². The van der Waals surface area contributed by atoms with Gasteiger partial charge in [0.2, 0.25) is 0 Å². The number of hydrogen-bond donors (Lipinski definition) is 1. The van der Waals surface area contributed by atoms with E-state index in [0.717, 1.165) is 18.2 Å². The zero-order valence-corrected chi connectivity index (χ0v) is 11.7. The van der Waals surface area contributed by atoms with E-state index in [1.54, 1.807) is 20.8 Å². The van der Waals surface area contributed by atoms with Gasteiger partial charge in [0.15, 0.2) is 0 Å². The molecule has 20 heavy (non-hydrogen) atoms. The Balaban J connectivity index is 2.87. The SMILES string of the molecule is C=C/C(=C\c1cc(F)cc(F)c1)NC(=O)OC(C)(C)C. The largest absolute Gasteiger partial charge is 0.444 e. The molecule has 0 aromatic heterocycles. The molecule has 5 heteroatoms. The molecule has 0 radical (unpaired) electrons. The predicted molar refractivity (Wildman–Crippen MR) is 73.9 cm³/mol. The van der Waals surface area contributed by atoms with Crippen molar-refractivity contribution in [2.75, 3.05) is 0 Å². The number of hydrogen-bond acceptors (Lipinski definition) is 2. The Morgan fingerprint density at radius 1 is 1.25 bits per heavy atom. The van der Waals surface area contributed by atoms with Gasteiger partial charge in [0.05, 0.1) is 0 Å². The van der Waals surface area contributed by atoms with Gasteiger partial charge in [-0.15, -0.1) is 0 Å². The molecule has 0 bridgehead atoms. The van der Waals surface area contributed by atoms with Crippen LogP contribution in [0.4, 0.5) is 13.6 Å². The summed E-state index contributed by atoms with van der Waals surface area (Å²) in [6.07, 6.45) is 2.08. The van der Waals surface area contributed by atoms with Crippen LogP contribution < -0.4 is 5.32 Å². The van der Waals surface area contributed by atoms with Crippen LogP contribution in [0, 0.1) is 11.6 Å². The van der Waals surface area contributed by atoms with Crippen molar-refractivity contribution in [3.63, 3.8) is 0 Å². The van der Waals surface area contributed by atoms with Gasteiger partial charge in [-0.05, 0) is 50.6 Å². The molecule has 0 saturated heterocycles. The van der Waals surface area contributed by atoms with E-state index in [0.29, 0.717) is 0 Å². The smallest absolute Gasteiger partial charge is 0.412 e. The van der Waals surface area contributed by atoms with Crippen LogP contribution in [0.2, 0.25) is 0 Å². The van der Waals surface area contributed by atoms with Crippen LogP contribution in [0.1, 0.15) is 26.3 Å². The average molecular weight is 281 g/mol. The van der Waals surface area contributed by atoms with Gasteiger partial charge in [-0.3, -0.25) is 5.32 Å². The molecular formula is C15H17F2NO2. The normalized spacial score (nSPS) is 11.9. The van der Waals surface area contributed by atoms with Gasteiger partial charge >= 0.3 is 6.09 Å². The Bertz CT molecular complexity index is 525. The highest BCUT2D eigenvalue weighted by Crippen LogP contribution is 2.12. The summed E-state index contributed by atoms with van der Waals surface area (Å²) >= 11 is 0. The van der Waals surface area contributed by atoms with Gasteiger partial charge < -0.3 is 4.74 Å². The van der Waals surface area contributed by atoms with Crippen LogP contribution in [0.15, 0.2) is 36.6 Å². The maximum atomic E-state index is 13.1. The third-order valence-electron chi connectivity index (χ3n) is 2.07. The number of amides is 1. The minimum atomic E-state index is -0.697. The van der Waals surface area contributed by atoms with Crippen LogP contribution in [0.3, 0.4) is 0 Å². The van der Waals surface area contributed by atoms with Crippen LogP contribution >= 0.6 is 0 Å². The van der Waals surface area contributed by atoms with Crippen molar-refractivity contribution in [1.29, 1.82) is 0 Å². The molecule has 0 heterocycles. The van der Waals surface area contributed by atoms with E-state index in [4.69, 9.17) is 4.74 Å². The molecule has 1 aromatic rings. The second-order valence-corrected chi connectivity index (χ2v) is 5.13. The summed E-state index contributed by atoms with van der Waals surface area (Å²) in [6.45, 7) is 8.71. The highest BCUT2D eigenvalue weighted by atomic mass is 19.1. The number of alkyl carbamates (subject to hydrolysis) is 1. The first-order valence-electron chi connectivity index (χ1n) is 6.00. The lowest BCUT2D eigenvalue weighted by Gasteiger charge is -2.19. The second-order valence-electron chi connectivity index (χ2n) is 5.13. The van der Waals surface area contributed by atoms with E-state index in [2.05, 4.69) is 11.9 Å². The van der Waals surface area contributed by atoms with Gasteiger partial charge in [-0.1, -0.05) is 6.58 Å². The van der Waals surface area contributed by atoms with Gasteiger partial charge in [-0.2, -0.15) is 0 Å². The summed E-state index contributed by atoms with van der Waals surface area (Å²) in [5.74, 6) is -1.39. The number of carbonyl (C=O) groups excluding carboxylic acids is 1. The molecule has 0 atom stereocenters. The number of halogens is 2. The molecule has 0 aliphatic heterocycles. The zero-order chi connectivity index (χ0) is 15.3. The van der Waals surface area contributed by atoms with E-state index < -0.39 is 23.3 Å². The summed E-state index contributed by atoms with van der Waals surface area (Å²) in [5, 5.41) is 2.45. The Labute approximate surface area is 116 Å². The molecule has 0 saturated carbocycles. The standard InChI is InChI=1S/C15H17F2NO2/c1-5-13(18-14(19)20-15(2,3)4)8-10-6-11(16)9-12(17)7-10/h5-9H,1H2,2-4H3,(H,18,19)/b13-8+. The first kappa shape index (κ1) is 15.9. The van der Waals surface area contributed by atoms with E-state index in [1.165, 1.54) is 12.2 Å². The first-order chi connectivity index (χ1) is 9.19. The first-order valence-corrected chi connectivity index (χ1v) is 6.00. The molecule has 1 amide bonds. The molecule has 0 aliphatic rings. The quantitative estimate of drug-likeness (QED) is 0.850. The summed E-state index contributed by atoms with van der Waals surface area (Å²) < 4.78 is 31.2. The zero-order valence-electron chi connectivity index (χ0n) is 11.7. The van der Waals surface area contributed by atoms with Gasteiger partial charge in [0, 0.05) is 11.8 Å². The lowest BCUT2D eigenvalue weighted by Crippen LogP contribution is -2.31. The van der Waals surface area contributed by atoms with E-state index in [1.807, 2.05) is 0 Å². The number of carbonyl (C=O) groups is 1. The molecule has 0 aliphatic carbocycles. The number of benzene rings is 1. The van der Waals surface area contributed by atoms with Crippen LogP contribution in [-0.2, 0) is 4.74 Å². The minimum absolute atomic E-state index is 0.272. The highest BCUT2D eigenvalue weighted by molar-refractivity contribution is 5.73. The molecule has 108 valence electrons. The molecule has 0 unspecified atom stereocenters. The van der Waals surface area contributed by atoms with Crippen molar-refractivity contribution >= 4 is 12.2 Å². The van der Waals surface area contributed by atoms with E-state index >= 15 is 0 Å². The third-order valence-corrected chi connectivity index (χ3v) is 2.07. The fourth-order valence-electron chi connectivity index (χ4n) is 1.41. The maximum absolute atomic E-state index is 13.1. The summed E-state index contributed by atoms with van der Waals surface area (Å²) in [7, 11) is 0. The summed E-state index contributed by atoms with van der Waals surface area (Å²) in [6, 6.07) is 3.05. The van der Waals surface area contributed by atoms with Crippen molar-refractivity contribution in [3.8, 4) is 0 Å². The molecule has 0 fully saturated rings. The average Bonchev–Trinajstić information content (AvgIpc) is 2.23. The van der Waals surface area contributed by atoms with Crippen LogP contribution in [-0.4, -0.2) is 11.7 Å². The fourth-order valence-corrected chi connectivity index (χ4v) is 1.41. The van der Waals surface area contributed by atoms with Crippen molar-refractivity contribution in [1.82, 2.24) is 5.32 Å². The molecule has 1 aromatic carbocycles. The van der Waals surface area contributed by atoms with Gasteiger partial charge in [0.1, 0.15) is 17.2 Å². The van der Waals surface area contributed by atoms with E-state index in [-0.39, 0.29) is 11.3 Å². The Hall–Kier alpha value is -2.17. The highest BCUT2D eigenvalue weighted by Gasteiger charge is 2.16. The molecule has 1 N–H and O–H groups in total. The predicted octanol–water partition coefficient (Wildman–Crippen LogP) is 4.02. The Morgan fingerprint density at radius 2 is 1.80 bits per heavy atom. The minimum Gasteiger partial charge on any atom is -0.444 e. The van der Waals surface area contributed by atoms with Gasteiger partial charge in [0.25, 0.3) is 0 Å². The molecule has 1 rings (SSSR count). The number of allylic oxidation sites excluding steroid dienone is 1. The van der Waals surface area contributed by atoms with Crippen LogP contribution in [0.5, 0.6) is 0 Å². The monoisotopic (exact) mass is 281 g/mol. The maximum Gasteiger partial charge on any atom is 0.412 e. The lowest BCUT2D eigenvalue weighted by atomic mass is 10.2. The Kier molecular flexibility index (Phi) is 5.02. The fraction of sp³-hybridized carbons (Fsp3) is 0.267. The molecule has 3 nitrogen and oxygen atoms in total. The lowest BCUT2D eigenvalue weighted by molar-refractivity contribution is 0.0548. The number of rotatable bonds is 3. The van der Waals surface area contributed by atoms with Gasteiger partial charge in [-0.25, -0.2) is 13.6 Å². The van der Waals surface area contributed by atoms with Crippen molar-refractivity contribution < 1.29 is 18.3 Å². The number of nitrogens with one attached hydrogen (secondary N) is 1.